The Hall–Kier alpha value is -1.57. The number of quaternary nitrogens is 2. The van der Waals surface area contributed by atoms with Crippen molar-refractivity contribution in [2.45, 2.75) is 6.42 Å². The van der Waals surface area contributed by atoms with Crippen LogP contribution < -0.4 is 15.1 Å². The van der Waals surface area contributed by atoms with Crippen LogP contribution in [0.4, 0.5) is 14.5 Å². The van der Waals surface area contributed by atoms with Crippen molar-refractivity contribution in [3.8, 4) is 0 Å². The number of carbonyl (C=O) groups excluding carboxylic acids is 1. The first-order valence-corrected chi connectivity index (χ1v) is 7.61. The van der Waals surface area contributed by atoms with Crippen molar-refractivity contribution in [1.82, 2.24) is 0 Å². The lowest BCUT2D eigenvalue weighted by atomic mass is 10.2. The maximum atomic E-state index is 13.1. The first-order chi connectivity index (χ1) is 10.6. The largest absolute Gasteiger partial charge is 0.391 e. The van der Waals surface area contributed by atoms with Crippen LogP contribution in [0.2, 0.25) is 0 Å². The van der Waals surface area contributed by atoms with Gasteiger partial charge in [-0.15, -0.1) is 0 Å². The summed E-state index contributed by atoms with van der Waals surface area (Å²) in [4.78, 5) is 14.6. The van der Waals surface area contributed by atoms with Crippen LogP contribution in [0, 0.1) is 11.6 Å². The van der Waals surface area contributed by atoms with Crippen molar-refractivity contribution in [2.24, 2.45) is 0 Å². The van der Waals surface area contributed by atoms with Gasteiger partial charge in [0.05, 0.1) is 19.6 Å². The van der Waals surface area contributed by atoms with Crippen LogP contribution in [-0.4, -0.2) is 56.9 Å². The number of hydrogen-bond donors (Lipinski definition) is 4. The van der Waals surface area contributed by atoms with Gasteiger partial charge in [-0.1, -0.05) is 0 Å². The van der Waals surface area contributed by atoms with Crippen LogP contribution in [0.1, 0.15) is 6.42 Å². The lowest BCUT2D eigenvalue weighted by molar-refractivity contribution is -1.01. The van der Waals surface area contributed by atoms with E-state index in [0.717, 1.165) is 51.4 Å². The molecule has 0 atom stereocenters. The molecule has 1 fully saturated rings. The van der Waals surface area contributed by atoms with Gasteiger partial charge < -0.3 is 20.2 Å². The van der Waals surface area contributed by atoms with E-state index in [2.05, 4.69) is 5.32 Å². The Kier molecular flexibility index (Phi) is 6.23. The van der Waals surface area contributed by atoms with E-state index in [9.17, 15) is 13.6 Å². The van der Waals surface area contributed by atoms with E-state index in [-0.39, 0.29) is 18.2 Å². The second-order valence-corrected chi connectivity index (χ2v) is 5.65. The average Bonchev–Trinajstić information content (AvgIpc) is 2.51. The van der Waals surface area contributed by atoms with Gasteiger partial charge in [0.25, 0.3) is 0 Å². The standard InChI is InChI=1S/C15H21F2N3O2/c16-13-2-1-12(11-14(13)17)18-15(22)3-4-19-5-7-20(8-6-19)9-10-21/h1-2,11,21H,3-10H2,(H,18,22)/p+2. The van der Waals surface area contributed by atoms with Crippen molar-refractivity contribution in [3.05, 3.63) is 29.8 Å². The predicted molar refractivity (Wildman–Crippen MR) is 77.8 cm³/mol. The van der Waals surface area contributed by atoms with Gasteiger partial charge in [-0.2, -0.15) is 0 Å². The summed E-state index contributed by atoms with van der Waals surface area (Å²) in [5.74, 6) is -2.08. The molecule has 0 spiro atoms. The van der Waals surface area contributed by atoms with E-state index in [1.807, 2.05) is 0 Å². The fourth-order valence-electron chi connectivity index (χ4n) is 2.70. The van der Waals surface area contributed by atoms with Crippen LogP contribution in [0.15, 0.2) is 18.2 Å². The highest BCUT2D eigenvalue weighted by Gasteiger charge is 2.22. The van der Waals surface area contributed by atoms with Gasteiger partial charge in [-0.25, -0.2) is 8.78 Å². The summed E-state index contributed by atoms with van der Waals surface area (Å²) in [6, 6.07) is 3.33. The molecule has 1 aliphatic heterocycles. The minimum Gasteiger partial charge on any atom is -0.391 e. The van der Waals surface area contributed by atoms with Crippen LogP contribution in [0.25, 0.3) is 0 Å². The zero-order valence-electron chi connectivity index (χ0n) is 12.5. The summed E-state index contributed by atoms with van der Waals surface area (Å²) in [6.07, 6.45) is 0.351. The molecule has 1 aromatic rings. The molecular weight excluding hydrogens is 292 g/mol. The fraction of sp³-hybridized carbons (Fsp3) is 0.533. The van der Waals surface area contributed by atoms with Gasteiger partial charge in [-0.3, -0.25) is 4.79 Å². The highest BCUT2D eigenvalue weighted by atomic mass is 19.2. The third-order valence-corrected chi connectivity index (χ3v) is 4.04. The summed E-state index contributed by atoms with van der Waals surface area (Å²) in [5.41, 5.74) is 0.274. The number of nitrogens with one attached hydrogen (secondary N) is 3. The summed E-state index contributed by atoms with van der Waals surface area (Å²) in [6.45, 7) is 5.68. The molecule has 1 amide bonds. The summed E-state index contributed by atoms with van der Waals surface area (Å²) in [7, 11) is 0. The average molecular weight is 315 g/mol. The molecule has 0 aliphatic carbocycles. The normalized spacial score (nSPS) is 21.6. The van der Waals surface area contributed by atoms with Crippen LogP contribution in [0.3, 0.4) is 0 Å². The molecule has 5 nitrogen and oxygen atoms in total. The summed E-state index contributed by atoms with van der Waals surface area (Å²) in [5, 5.41) is 11.5. The Bertz CT molecular complexity index is 506. The van der Waals surface area contributed by atoms with Crippen LogP contribution in [-0.2, 0) is 4.79 Å². The first-order valence-electron chi connectivity index (χ1n) is 7.61. The minimum absolute atomic E-state index is 0.191. The quantitative estimate of drug-likeness (QED) is 0.494. The van der Waals surface area contributed by atoms with Gasteiger partial charge >= 0.3 is 0 Å². The Labute approximate surface area is 128 Å². The third kappa shape index (κ3) is 5.01. The van der Waals surface area contributed by atoms with Gasteiger partial charge in [0, 0.05) is 11.8 Å². The highest BCUT2D eigenvalue weighted by Crippen LogP contribution is 2.12. The molecule has 22 heavy (non-hydrogen) atoms. The van der Waals surface area contributed by atoms with E-state index in [1.54, 1.807) is 0 Å². The number of anilines is 1. The second kappa shape index (κ2) is 8.17. The van der Waals surface area contributed by atoms with E-state index in [4.69, 9.17) is 5.11 Å². The Morgan fingerprint density at radius 1 is 1.09 bits per heavy atom. The fourth-order valence-corrected chi connectivity index (χ4v) is 2.70. The molecule has 0 bridgehead atoms. The second-order valence-electron chi connectivity index (χ2n) is 5.65. The molecule has 0 radical (unpaired) electrons. The number of aliphatic hydroxyl groups is 1. The van der Waals surface area contributed by atoms with Gasteiger partial charge in [0.2, 0.25) is 5.91 Å². The summed E-state index contributed by atoms with van der Waals surface area (Å²) >= 11 is 0. The van der Waals surface area contributed by atoms with Crippen LogP contribution in [0.5, 0.6) is 0 Å². The van der Waals surface area contributed by atoms with Gasteiger partial charge in [0.1, 0.15) is 32.7 Å². The van der Waals surface area contributed by atoms with Crippen molar-refractivity contribution in [1.29, 1.82) is 0 Å². The van der Waals surface area contributed by atoms with E-state index < -0.39 is 11.6 Å². The Balaban J connectivity index is 1.71. The maximum Gasteiger partial charge on any atom is 0.230 e. The molecule has 0 aromatic heterocycles. The zero-order valence-corrected chi connectivity index (χ0v) is 12.5. The third-order valence-electron chi connectivity index (χ3n) is 4.04. The molecule has 0 unspecified atom stereocenters. The van der Waals surface area contributed by atoms with Crippen LogP contribution >= 0.6 is 0 Å². The van der Waals surface area contributed by atoms with E-state index >= 15 is 0 Å². The highest BCUT2D eigenvalue weighted by molar-refractivity contribution is 5.90. The lowest BCUT2D eigenvalue weighted by Crippen LogP contribution is -3.28. The number of aliphatic hydroxyl groups excluding tert-OH is 1. The SMILES string of the molecule is O=C(CC[NH+]1CC[NH+](CCO)CC1)Nc1ccc(F)c(F)c1. The molecule has 1 aromatic carbocycles. The van der Waals surface area contributed by atoms with Crippen molar-refractivity contribution in [3.63, 3.8) is 0 Å². The number of carbonyl (C=O) groups is 1. The molecule has 0 saturated carbocycles. The molecule has 7 heteroatoms. The number of rotatable bonds is 6. The number of benzene rings is 1. The van der Waals surface area contributed by atoms with E-state index in [0.29, 0.717) is 6.42 Å². The number of halogens is 2. The summed E-state index contributed by atoms with van der Waals surface area (Å²) < 4.78 is 25.9. The number of hydrogen-bond acceptors (Lipinski definition) is 2. The smallest absolute Gasteiger partial charge is 0.230 e. The van der Waals surface area contributed by atoms with Gasteiger partial charge in [-0.05, 0) is 12.1 Å². The number of amides is 1. The lowest BCUT2D eigenvalue weighted by Gasteiger charge is -2.29. The minimum atomic E-state index is -0.966. The zero-order chi connectivity index (χ0) is 15.9. The molecular formula is C15H23F2N3O2+2. The maximum absolute atomic E-state index is 13.1. The van der Waals surface area contributed by atoms with Gasteiger partial charge in [0.15, 0.2) is 11.6 Å². The molecule has 122 valence electrons. The predicted octanol–water partition coefficient (Wildman–Crippen LogP) is -1.93. The van der Waals surface area contributed by atoms with Crippen molar-refractivity contribution >= 4 is 11.6 Å². The molecule has 2 rings (SSSR count). The Morgan fingerprint density at radius 3 is 2.32 bits per heavy atom. The molecule has 1 heterocycles. The molecule has 1 saturated heterocycles. The monoisotopic (exact) mass is 315 g/mol. The first kappa shape index (κ1) is 16.8. The Morgan fingerprint density at radius 2 is 1.73 bits per heavy atom. The molecule has 1 aliphatic rings. The topological polar surface area (TPSA) is 58.2 Å². The van der Waals surface area contributed by atoms with Crippen molar-refractivity contribution < 1.29 is 28.5 Å². The molecule has 4 N–H and O–H groups in total. The number of piperazine rings is 1. The van der Waals surface area contributed by atoms with E-state index in [1.165, 1.54) is 15.9 Å². The van der Waals surface area contributed by atoms with Crippen molar-refractivity contribution in [2.75, 3.05) is 51.2 Å².